The van der Waals surface area contributed by atoms with Crippen molar-refractivity contribution >= 4 is 17.5 Å². The summed E-state index contributed by atoms with van der Waals surface area (Å²) in [5, 5.41) is 2.86. The second kappa shape index (κ2) is 9.42. The number of carbonyl (C=O) groups excluding carboxylic acids is 2. The zero-order chi connectivity index (χ0) is 22.7. The van der Waals surface area contributed by atoms with Crippen molar-refractivity contribution < 1.29 is 23.5 Å². The normalized spacial score (nSPS) is 17.9. The Morgan fingerprint density at radius 2 is 1.91 bits per heavy atom. The van der Waals surface area contributed by atoms with E-state index in [0.29, 0.717) is 29.3 Å². The third kappa shape index (κ3) is 4.47. The summed E-state index contributed by atoms with van der Waals surface area (Å²) in [6.07, 6.45) is 3.77. The molecule has 2 aromatic carbocycles. The van der Waals surface area contributed by atoms with Gasteiger partial charge >= 0.3 is 0 Å². The van der Waals surface area contributed by atoms with Crippen LogP contribution in [0.1, 0.15) is 37.7 Å². The van der Waals surface area contributed by atoms with Gasteiger partial charge in [-0.3, -0.25) is 9.59 Å². The summed E-state index contributed by atoms with van der Waals surface area (Å²) in [4.78, 5) is 28.1. The lowest BCUT2D eigenvalue weighted by Crippen LogP contribution is -2.36. The summed E-state index contributed by atoms with van der Waals surface area (Å²) in [6, 6.07) is 11.4. The van der Waals surface area contributed by atoms with Crippen LogP contribution in [0.25, 0.3) is 0 Å². The smallest absolute Gasteiger partial charge is 0.251 e. The topological polar surface area (TPSA) is 67.9 Å². The van der Waals surface area contributed by atoms with Gasteiger partial charge in [0.05, 0.1) is 32.4 Å². The van der Waals surface area contributed by atoms with E-state index >= 15 is 0 Å². The first-order valence-electron chi connectivity index (χ1n) is 10.8. The lowest BCUT2D eigenvalue weighted by Gasteiger charge is -2.30. The molecular formula is C25H27FN2O4. The number of carbonyl (C=O) groups is 2. The Labute approximate surface area is 187 Å². The maximum absolute atomic E-state index is 13.3. The number of fused-ring (bicyclic) bond motifs is 1. The van der Waals surface area contributed by atoms with Crippen LogP contribution in [0.3, 0.4) is 0 Å². The van der Waals surface area contributed by atoms with Gasteiger partial charge in [0.1, 0.15) is 17.3 Å². The standard InChI is InChI=1S/C25H27FN2O4/c1-31-18-11-12-23(32-2)21(13-18)27-24(29)14-20-19-5-3-4-6-22(19)28(25(20)30)15-16-7-9-17(26)10-8-16/h7-13,22H,3-6,14-15H2,1-2H3,(H,27,29). The molecule has 0 bridgehead atoms. The first-order valence-corrected chi connectivity index (χ1v) is 10.8. The van der Waals surface area contributed by atoms with Gasteiger partial charge in [0, 0.05) is 18.2 Å². The van der Waals surface area contributed by atoms with E-state index in [1.165, 1.54) is 19.2 Å². The van der Waals surface area contributed by atoms with Crippen LogP contribution in [-0.2, 0) is 16.1 Å². The number of rotatable bonds is 7. The molecule has 0 saturated heterocycles. The first kappa shape index (κ1) is 21.9. The average Bonchev–Trinajstić information content (AvgIpc) is 3.06. The molecule has 1 N–H and O–H groups in total. The van der Waals surface area contributed by atoms with Crippen LogP contribution in [0.4, 0.5) is 10.1 Å². The molecular weight excluding hydrogens is 411 g/mol. The van der Waals surface area contributed by atoms with Crippen molar-refractivity contribution in [2.24, 2.45) is 0 Å². The van der Waals surface area contributed by atoms with E-state index in [4.69, 9.17) is 9.47 Å². The fourth-order valence-electron chi connectivity index (χ4n) is 4.57. The van der Waals surface area contributed by atoms with E-state index in [2.05, 4.69) is 5.32 Å². The molecule has 0 aromatic heterocycles. The Kier molecular flexibility index (Phi) is 6.44. The summed E-state index contributed by atoms with van der Waals surface area (Å²) in [7, 11) is 3.08. The highest BCUT2D eigenvalue weighted by molar-refractivity contribution is 6.05. The predicted molar refractivity (Wildman–Crippen MR) is 119 cm³/mol. The summed E-state index contributed by atoms with van der Waals surface area (Å²) < 4.78 is 23.8. The largest absolute Gasteiger partial charge is 0.497 e. The molecule has 6 nitrogen and oxygen atoms in total. The number of ether oxygens (including phenoxy) is 2. The van der Waals surface area contributed by atoms with Gasteiger partial charge in [0.2, 0.25) is 5.91 Å². The van der Waals surface area contributed by atoms with Gasteiger partial charge in [-0.05, 0) is 54.7 Å². The number of halogens is 1. The number of nitrogens with one attached hydrogen (secondary N) is 1. The first-order chi connectivity index (χ1) is 15.5. The molecule has 1 heterocycles. The quantitative estimate of drug-likeness (QED) is 0.693. The summed E-state index contributed by atoms with van der Waals surface area (Å²) in [5.74, 6) is 0.425. The van der Waals surface area contributed by atoms with Crippen molar-refractivity contribution in [2.45, 2.75) is 44.7 Å². The second-order valence-corrected chi connectivity index (χ2v) is 8.12. The van der Waals surface area contributed by atoms with Crippen LogP contribution in [-0.4, -0.2) is 37.0 Å². The van der Waals surface area contributed by atoms with E-state index < -0.39 is 0 Å². The summed E-state index contributed by atoms with van der Waals surface area (Å²) in [5.41, 5.74) is 3.01. The maximum atomic E-state index is 13.3. The van der Waals surface area contributed by atoms with Gasteiger partial charge < -0.3 is 19.7 Å². The molecule has 32 heavy (non-hydrogen) atoms. The van der Waals surface area contributed by atoms with E-state index in [1.807, 2.05) is 4.90 Å². The van der Waals surface area contributed by atoms with Gasteiger partial charge in [-0.1, -0.05) is 18.6 Å². The minimum atomic E-state index is -0.302. The number of benzene rings is 2. The zero-order valence-corrected chi connectivity index (χ0v) is 18.3. The lowest BCUT2D eigenvalue weighted by atomic mass is 9.88. The number of methoxy groups -OCH3 is 2. The number of nitrogens with zero attached hydrogens (tertiary/aromatic N) is 1. The van der Waals surface area contributed by atoms with Gasteiger partial charge in [0.25, 0.3) is 5.91 Å². The number of hydrogen-bond acceptors (Lipinski definition) is 4. The van der Waals surface area contributed by atoms with Crippen LogP contribution in [0, 0.1) is 5.82 Å². The minimum Gasteiger partial charge on any atom is -0.497 e. The molecule has 2 amide bonds. The molecule has 2 aliphatic rings. The van der Waals surface area contributed by atoms with E-state index in [1.54, 1.807) is 37.4 Å². The van der Waals surface area contributed by atoms with Crippen molar-refractivity contribution in [1.29, 1.82) is 0 Å². The summed E-state index contributed by atoms with van der Waals surface area (Å²) in [6.45, 7) is 0.405. The third-order valence-corrected chi connectivity index (χ3v) is 6.14. The average molecular weight is 438 g/mol. The molecule has 0 spiro atoms. The molecule has 1 aliphatic carbocycles. The molecule has 4 rings (SSSR count). The van der Waals surface area contributed by atoms with Crippen LogP contribution in [0.15, 0.2) is 53.6 Å². The molecule has 1 atom stereocenters. The van der Waals surface area contributed by atoms with Gasteiger partial charge in [0.15, 0.2) is 0 Å². The Balaban J connectivity index is 1.52. The molecule has 1 saturated carbocycles. The Hall–Kier alpha value is -3.35. The molecule has 7 heteroatoms. The minimum absolute atomic E-state index is 0.00491. The van der Waals surface area contributed by atoms with Crippen LogP contribution < -0.4 is 14.8 Å². The Morgan fingerprint density at radius 3 is 2.62 bits per heavy atom. The summed E-state index contributed by atoms with van der Waals surface area (Å²) >= 11 is 0. The van der Waals surface area contributed by atoms with Crippen LogP contribution in [0.5, 0.6) is 11.5 Å². The van der Waals surface area contributed by atoms with Crippen molar-refractivity contribution in [1.82, 2.24) is 4.90 Å². The van der Waals surface area contributed by atoms with Gasteiger partial charge in [-0.2, -0.15) is 0 Å². The van der Waals surface area contributed by atoms with Crippen LogP contribution in [0.2, 0.25) is 0 Å². The van der Waals surface area contributed by atoms with E-state index in [-0.39, 0.29) is 30.1 Å². The van der Waals surface area contributed by atoms with E-state index in [0.717, 1.165) is 36.8 Å². The second-order valence-electron chi connectivity index (χ2n) is 8.12. The fraction of sp³-hybridized carbons (Fsp3) is 0.360. The molecule has 1 fully saturated rings. The van der Waals surface area contributed by atoms with Crippen molar-refractivity contribution in [3.8, 4) is 11.5 Å². The molecule has 1 aliphatic heterocycles. The van der Waals surface area contributed by atoms with Gasteiger partial charge in [-0.15, -0.1) is 0 Å². The molecule has 2 aromatic rings. The number of anilines is 1. The molecule has 1 unspecified atom stereocenters. The highest BCUT2D eigenvalue weighted by Gasteiger charge is 2.40. The highest BCUT2D eigenvalue weighted by atomic mass is 19.1. The van der Waals surface area contributed by atoms with Crippen molar-refractivity contribution in [2.75, 3.05) is 19.5 Å². The monoisotopic (exact) mass is 438 g/mol. The third-order valence-electron chi connectivity index (χ3n) is 6.14. The SMILES string of the molecule is COc1ccc(OC)c(NC(=O)CC2=C3CCCCC3N(Cc3ccc(F)cc3)C2=O)c1. The van der Waals surface area contributed by atoms with Gasteiger partial charge in [-0.25, -0.2) is 4.39 Å². The Bertz CT molecular complexity index is 1050. The van der Waals surface area contributed by atoms with E-state index in [9.17, 15) is 14.0 Å². The van der Waals surface area contributed by atoms with Crippen molar-refractivity contribution in [3.05, 3.63) is 65.0 Å². The molecule has 0 radical (unpaired) electrons. The van der Waals surface area contributed by atoms with Crippen LogP contribution >= 0.6 is 0 Å². The predicted octanol–water partition coefficient (Wildman–Crippen LogP) is 4.45. The Morgan fingerprint density at radius 1 is 1.12 bits per heavy atom. The molecule has 168 valence electrons. The highest BCUT2D eigenvalue weighted by Crippen LogP contribution is 2.39. The van der Waals surface area contributed by atoms with Crippen molar-refractivity contribution in [3.63, 3.8) is 0 Å². The number of hydrogen-bond donors (Lipinski definition) is 1. The zero-order valence-electron chi connectivity index (χ0n) is 18.3. The fourth-order valence-corrected chi connectivity index (χ4v) is 4.57. The maximum Gasteiger partial charge on any atom is 0.251 e. The number of amides is 2. The lowest BCUT2D eigenvalue weighted by molar-refractivity contribution is -0.129.